The van der Waals surface area contributed by atoms with Crippen molar-refractivity contribution in [2.24, 2.45) is 0 Å². The normalized spacial score (nSPS) is 11.9. The molecule has 2 heteroatoms. The van der Waals surface area contributed by atoms with Crippen LogP contribution in [0.15, 0.2) is 0 Å². The predicted octanol–water partition coefficient (Wildman–Crippen LogP) is 0.533. The van der Waals surface area contributed by atoms with Crippen molar-refractivity contribution in [1.29, 1.82) is 0 Å². The summed E-state index contributed by atoms with van der Waals surface area (Å²) in [6.07, 6.45) is 1.28. The fourth-order valence-corrected chi connectivity index (χ4v) is 0.566. The highest BCUT2D eigenvalue weighted by Gasteiger charge is 1.98. The molecule has 0 aliphatic heterocycles. The molecule has 0 saturated carbocycles. The molecule has 0 aromatic rings. The molecule has 2 nitrogen and oxygen atoms in total. The third-order valence-corrected chi connectivity index (χ3v) is 1.10. The van der Waals surface area contributed by atoms with Crippen LogP contribution in [0, 0.1) is 11.8 Å². The fraction of sp³-hybridized carbons (Fsp3) is 0.750. The summed E-state index contributed by atoms with van der Waals surface area (Å²) in [4.78, 5) is 0. The summed E-state index contributed by atoms with van der Waals surface area (Å²) in [6.45, 7) is 2.00. The first kappa shape index (κ1) is 9.48. The van der Waals surface area contributed by atoms with Crippen molar-refractivity contribution in [2.75, 3.05) is 6.61 Å². The average molecular weight is 142 g/mol. The molecule has 0 aliphatic carbocycles. The number of hydrogen-bond acceptors (Lipinski definition) is 2. The number of aliphatic hydroxyl groups excluding tert-OH is 2. The van der Waals surface area contributed by atoms with Crippen LogP contribution < -0.4 is 0 Å². The molecule has 0 rings (SSSR count). The lowest BCUT2D eigenvalue weighted by molar-refractivity contribution is 0.137. The maximum Gasteiger partial charge on any atom is 0.0671 e. The van der Waals surface area contributed by atoms with Crippen LogP contribution in [0.25, 0.3) is 0 Å². The van der Waals surface area contributed by atoms with Gasteiger partial charge in [-0.2, -0.15) is 0 Å². The van der Waals surface area contributed by atoms with Gasteiger partial charge in [0.25, 0.3) is 0 Å². The van der Waals surface area contributed by atoms with Gasteiger partial charge in [0.1, 0.15) is 0 Å². The largest absolute Gasteiger partial charge is 0.396 e. The van der Waals surface area contributed by atoms with Crippen molar-refractivity contribution in [3.8, 4) is 11.8 Å². The zero-order valence-electron chi connectivity index (χ0n) is 6.30. The molecule has 0 bridgehead atoms. The van der Waals surface area contributed by atoms with E-state index in [1.807, 2.05) is 6.92 Å². The number of rotatable bonds is 3. The zero-order chi connectivity index (χ0) is 7.82. The van der Waals surface area contributed by atoms with E-state index in [1.54, 1.807) is 0 Å². The molecule has 2 N–H and O–H groups in total. The van der Waals surface area contributed by atoms with E-state index in [9.17, 15) is 0 Å². The lowest BCUT2D eigenvalue weighted by atomic mass is 10.2. The summed E-state index contributed by atoms with van der Waals surface area (Å²) in [5, 5.41) is 17.4. The molecule has 0 aromatic heterocycles. The highest BCUT2D eigenvalue weighted by molar-refractivity contribution is 4.99. The topological polar surface area (TPSA) is 40.5 Å². The van der Waals surface area contributed by atoms with Gasteiger partial charge in [-0.25, -0.2) is 0 Å². The van der Waals surface area contributed by atoms with Gasteiger partial charge >= 0.3 is 0 Å². The van der Waals surface area contributed by atoms with Gasteiger partial charge < -0.3 is 10.2 Å². The quantitative estimate of drug-likeness (QED) is 0.564. The van der Waals surface area contributed by atoms with Crippen LogP contribution in [0.5, 0.6) is 0 Å². The number of aliphatic hydroxyl groups is 2. The maximum absolute atomic E-state index is 9.01. The minimum Gasteiger partial charge on any atom is -0.396 e. The summed E-state index contributed by atoms with van der Waals surface area (Å²) in [6, 6.07) is 0. The highest BCUT2D eigenvalue weighted by atomic mass is 16.3. The van der Waals surface area contributed by atoms with E-state index in [4.69, 9.17) is 10.2 Å². The second-order valence-corrected chi connectivity index (χ2v) is 2.08. The smallest absolute Gasteiger partial charge is 0.0671 e. The Morgan fingerprint density at radius 1 is 1.40 bits per heavy atom. The van der Waals surface area contributed by atoms with E-state index < -0.39 is 6.10 Å². The Kier molecular flexibility index (Phi) is 6.25. The van der Waals surface area contributed by atoms with Crippen molar-refractivity contribution in [3.63, 3.8) is 0 Å². The van der Waals surface area contributed by atoms with Crippen molar-refractivity contribution in [3.05, 3.63) is 0 Å². The zero-order valence-corrected chi connectivity index (χ0v) is 6.30. The average Bonchev–Trinajstić information content (AvgIpc) is 1.89. The molecule has 0 radical (unpaired) electrons. The third-order valence-electron chi connectivity index (χ3n) is 1.10. The predicted molar refractivity (Wildman–Crippen MR) is 40.4 cm³/mol. The lowest BCUT2D eigenvalue weighted by Gasteiger charge is -2.01. The molecule has 0 saturated heterocycles. The van der Waals surface area contributed by atoms with E-state index in [1.165, 1.54) is 0 Å². The molecule has 0 fully saturated rings. The van der Waals surface area contributed by atoms with Gasteiger partial charge in [0.2, 0.25) is 0 Å². The SMILES string of the molecule is CCC#CCC(O)CCO. The van der Waals surface area contributed by atoms with E-state index in [2.05, 4.69) is 11.8 Å². The van der Waals surface area contributed by atoms with Crippen LogP contribution in [0.1, 0.15) is 26.2 Å². The Bertz CT molecular complexity index is 121. The first-order valence-electron chi connectivity index (χ1n) is 3.56. The summed E-state index contributed by atoms with van der Waals surface area (Å²) in [5.74, 6) is 5.65. The van der Waals surface area contributed by atoms with Crippen molar-refractivity contribution < 1.29 is 10.2 Å². The lowest BCUT2D eigenvalue weighted by Crippen LogP contribution is -2.06. The van der Waals surface area contributed by atoms with Gasteiger partial charge in [-0.3, -0.25) is 0 Å². The molecular weight excluding hydrogens is 128 g/mol. The van der Waals surface area contributed by atoms with Crippen LogP contribution in [0.3, 0.4) is 0 Å². The summed E-state index contributed by atoms with van der Waals surface area (Å²) >= 11 is 0. The van der Waals surface area contributed by atoms with Crippen LogP contribution in [0.2, 0.25) is 0 Å². The molecule has 58 valence electrons. The van der Waals surface area contributed by atoms with Gasteiger partial charge in [-0.15, -0.1) is 11.8 Å². The summed E-state index contributed by atoms with van der Waals surface area (Å²) in [5.41, 5.74) is 0. The Labute approximate surface area is 61.9 Å². The first-order chi connectivity index (χ1) is 4.81. The molecule has 0 spiro atoms. The molecule has 1 atom stereocenters. The monoisotopic (exact) mass is 142 g/mol. The summed E-state index contributed by atoms with van der Waals surface area (Å²) in [7, 11) is 0. The summed E-state index contributed by atoms with van der Waals surface area (Å²) < 4.78 is 0. The Hall–Kier alpha value is -0.520. The van der Waals surface area contributed by atoms with Gasteiger partial charge in [-0.1, -0.05) is 6.92 Å². The molecule has 0 aromatic carbocycles. The van der Waals surface area contributed by atoms with Crippen LogP contribution in [-0.2, 0) is 0 Å². The molecule has 10 heavy (non-hydrogen) atoms. The second kappa shape index (κ2) is 6.60. The highest BCUT2D eigenvalue weighted by Crippen LogP contribution is 1.94. The third kappa shape index (κ3) is 5.61. The molecular formula is C8H14O2. The fourth-order valence-electron chi connectivity index (χ4n) is 0.566. The van der Waals surface area contributed by atoms with Gasteiger partial charge in [0.05, 0.1) is 6.10 Å². The van der Waals surface area contributed by atoms with Crippen molar-refractivity contribution in [1.82, 2.24) is 0 Å². The van der Waals surface area contributed by atoms with E-state index in [0.29, 0.717) is 12.8 Å². The van der Waals surface area contributed by atoms with Crippen molar-refractivity contribution in [2.45, 2.75) is 32.3 Å². The Morgan fingerprint density at radius 3 is 2.60 bits per heavy atom. The molecule has 1 unspecified atom stereocenters. The van der Waals surface area contributed by atoms with Gasteiger partial charge in [0.15, 0.2) is 0 Å². The molecule has 0 aliphatic rings. The number of hydrogen-bond donors (Lipinski definition) is 2. The first-order valence-corrected chi connectivity index (χ1v) is 3.56. The van der Waals surface area contributed by atoms with E-state index in [0.717, 1.165) is 6.42 Å². The maximum atomic E-state index is 9.01. The van der Waals surface area contributed by atoms with Gasteiger partial charge in [-0.05, 0) is 6.42 Å². The van der Waals surface area contributed by atoms with Crippen molar-refractivity contribution >= 4 is 0 Å². The second-order valence-electron chi connectivity index (χ2n) is 2.08. The van der Waals surface area contributed by atoms with Crippen LogP contribution in [0.4, 0.5) is 0 Å². The van der Waals surface area contributed by atoms with E-state index in [-0.39, 0.29) is 6.61 Å². The molecule has 0 heterocycles. The Morgan fingerprint density at radius 2 is 2.10 bits per heavy atom. The minimum absolute atomic E-state index is 0.0367. The van der Waals surface area contributed by atoms with E-state index >= 15 is 0 Å². The molecule has 0 amide bonds. The minimum atomic E-state index is -0.455. The van der Waals surface area contributed by atoms with Crippen LogP contribution >= 0.6 is 0 Å². The standard InChI is InChI=1S/C8H14O2/c1-2-3-4-5-8(10)6-7-9/h8-10H,2,5-7H2,1H3. The van der Waals surface area contributed by atoms with Crippen LogP contribution in [-0.4, -0.2) is 22.9 Å². The van der Waals surface area contributed by atoms with Gasteiger partial charge in [0, 0.05) is 19.4 Å². The Balaban J connectivity index is 3.29.